The fourth-order valence-corrected chi connectivity index (χ4v) is 2.91. The Labute approximate surface area is 121 Å². The molecule has 0 aliphatic rings. The van der Waals surface area contributed by atoms with Crippen LogP contribution in [0.1, 0.15) is 0 Å². The zero-order valence-electron chi connectivity index (χ0n) is 11.5. The van der Waals surface area contributed by atoms with Crippen molar-refractivity contribution >= 4 is 20.9 Å². The molecule has 0 N–H and O–H groups in total. The summed E-state index contributed by atoms with van der Waals surface area (Å²) in [5.74, 6) is 0.329. The largest absolute Gasteiger partial charge is 0.327 e. The predicted octanol–water partition coefficient (Wildman–Crippen LogP) is 2.78. The number of imidazole rings is 1. The Balaban J connectivity index is 2.14. The van der Waals surface area contributed by atoms with Crippen molar-refractivity contribution in [2.75, 3.05) is 6.26 Å². The lowest BCUT2D eigenvalue weighted by Gasteiger charge is -2.04. The molecule has 0 atom stereocenters. The normalized spacial score (nSPS) is 12.0. The van der Waals surface area contributed by atoms with E-state index in [-0.39, 0.29) is 10.7 Å². The van der Waals surface area contributed by atoms with Crippen LogP contribution in [0.5, 0.6) is 0 Å². The monoisotopic (exact) mass is 304 g/mol. The first-order chi connectivity index (χ1) is 9.86. The van der Waals surface area contributed by atoms with Crippen molar-refractivity contribution in [3.63, 3.8) is 0 Å². The van der Waals surface area contributed by atoms with E-state index < -0.39 is 9.84 Å². The first-order valence-corrected chi connectivity index (χ1v) is 8.18. The lowest BCUT2D eigenvalue weighted by atomic mass is 10.2. The van der Waals surface area contributed by atoms with Crippen molar-refractivity contribution in [2.45, 2.75) is 4.90 Å². The number of rotatable bonds is 2. The van der Waals surface area contributed by atoms with Gasteiger partial charge >= 0.3 is 0 Å². The second-order valence-electron chi connectivity index (χ2n) is 4.92. The van der Waals surface area contributed by atoms with E-state index in [1.54, 1.807) is 30.3 Å². The fraction of sp³-hybridized carbons (Fsp3) is 0.133. The second-order valence-corrected chi connectivity index (χ2v) is 6.94. The van der Waals surface area contributed by atoms with Crippen LogP contribution < -0.4 is 0 Å². The van der Waals surface area contributed by atoms with Crippen LogP contribution in [-0.4, -0.2) is 24.2 Å². The quantitative estimate of drug-likeness (QED) is 0.731. The lowest BCUT2D eigenvalue weighted by molar-refractivity contribution is 0.602. The number of aromatic nitrogens is 2. The molecule has 0 fully saturated rings. The minimum atomic E-state index is -3.22. The van der Waals surface area contributed by atoms with Crippen LogP contribution in [0.2, 0.25) is 0 Å². The molecule has 0 bridgehead atoms. The number of nitrogens with zero attached hydrogens (tertiary/aromatic N) is 2. The fourth-order valence-electron chi connectivity index (χ4n) is 2.28. The highest BCUT2D eigenvalue weighted by Gasteiger charge is 2.12. The van der Waals surface area contributed by atoms with Gasteiger partial charge in [-0.05, 0) is 36.4 Å². The molecule has 0 radical (unpaired) electrons. The highest BCUT2D eigenvalue weighted by molar-refractivity contribution is 7.90. The first kappa shape index (κ1) is 13.8. The van der Waals surface area contributed by atoms with Crippen LogP contribution in [0.4, 0.5) is 4.39 Å². The van der Waals surface area contributed by atoms with E-state index in [0.29, 0.717) is 11.3 Å². The molecule has 0 amide bonds. The molecule has 0 unspecified atom stereocenters. The van der Waals surface area contributed by atoms with Gasteiger partial charge in [-0.25, -0.2) is 17.8 Å². The summed E-state index contributed by atoms with van der Waals surface area (Å²) < 4.78 is 38.0. The maximum Gasteiger partial charge on any atom is 0.175 e. The standard InChI is InChI=1S/C15H13FN2O2S/c1-18-14-8-5-11(16)9-13(14)17-15(18)10-3-6-12(7-4-10)21(2,19)20/h3-9H,1-2H3. The Morgan fingerprint density at radius 3 is 2.38 bits per heavy atom. The molecular weight excluding hydrogens is 291 g/mol. The number of hydrogen-bond donors (Lipinski definition) is 0. The highest BCUT2D eigenvalue weighted by atomic mass is 32.2. The summed E-state index contributed by atoms with van der Waals surface area (Å²) in [5.41, 5.74) is 2.17. The van der Waals surface area contributed by atoms with Gasteiger partial charge in [0.25, 0.3) is 0 Å². The van der Waals surface area contributed by atoms with E-state index in [0.717, 1.165) is 11.1 Å². The summed E-state index contributed by atoms with van der Waals surface area (Å²) in [5, 5.41) is 0. The average molecular weight is 304 g/mol. The lowest BCUT2D eigenvalue weighted by Crippen LogP contribution is -1.97. The number of benzene rings is 2. The third kappa shape index (κ3) is 2.42. The van der Waals surface area contributed by atoms with E-state index in [9.17, 15) is 12.8 Å². The number of fused-ring (bicyclic) bond motifs is 1. The molecule has 4 nitrogen and oxygen atoms in total. The summed E-state index contributed by atoms with van der Waals surface area (Å²) in [7, 11) is -1.38. The Morgan fingerprint density at radius 2 is 1.76 bits per heavy atom. The van der Waals surface area contributed by atoms with Crippen LogP contribution in [-0.2, 0) is 16.9 Å². The smallest absolute Gasteiger partial charge is 0.175 e. The molecular formula is C15H13FN2O2S. The third-order valence-corrected chi connectivity index (χ3v) is 4.51. The van der Waals surface area contributed by atoms with Crippen molar-refractivity contribution in [1.29, 1.82) is 0 Å². The number of sulfone groups is 1. The van der Waals surface area contributed by atoms with Gasteiger partial charge in [0.15, 0.2) is 9.84 Å². The molecule has 0 aliphatic heterocycles. The highest BCUT2D eigenvalue weighted by Crippen LogP contribution is 2.25. The topological polar surface area (TPSA) is 52.0 Å². The van der Waals surface area contributed by atoms with Crippen molar-refractivity contribution in [3.8, 4) is 11.4 Å². The van der Waals surface area contributed by atoms with Gasteiger partial charge in [-0.3, -0.25) is 0 Å². The Bertz CT molecular complexity index is 928. The van der Waals surface area contributed by atoms with E-state index in [1.165, 1.54) is 18.4 Å². The Morgan fingerprint density at radius 1 is 1.10 bits per heavy atom. The molecule has 1 aromatic heterocycles. The van der Waals surface area contributed by atoms with Crippen LogP contribution in [0, 0.1) is 5.82 Å². The van der Waals surface area contributed by atoms with Gasteiger partial charge in [0, 0.05) is 24.9 Å². The summed E-state index contributed by atoms with van der Waals surface area (Å²) in [4.78, 5) is 4.67. The van der Waals surface area contributed by atoms with Gasteiger partial charge < -0.3 is 4.57 Å². The molecule has 0 saturated heterocycles. The minimum Gasteiger partial charge on any atom is -0.327 e. The van der Waals surface area contributed by atoms with Crippen molar-refractivity contribution in [1.82, 2.24) is 9.55 Å². The van der Waals surface area contributed by atoms with Gasteiger partial charge in [-0.2, -0.15) is 0 Å². The molecule has 2 aromatic carbocycles. The number of hydrogen-bond acceptors (Lipinski definition) is 3. The molecule has 0 saturated carbocycles. The molecule has 3 rings (SSSR count). The minimum absolute atomic E-state index is 0.260. The Hall–Kier alpha value is -2.21. The maximum atomic E-state index is 13.2. The van der Waals surface area contributed by atoms with Gasteiger partial charge in [0.1, 0.15) is 11.6 Å². The van der Waals surface area contributed by atoms with Gasteiger partial charge in [-0.15, -0.1) is 0 Å². The van der Waals surface area contributed by atoms with Crippen LogP contribution in [0.3, 0.4) is 0 Å². The van der Waals surface area contributed by atoms with E-state index in [1.807, 2.05) is 11.6 Å². The summed E-state index contributed by atoms with van der Waals surface area (Å²) >= 11 is 0. The van der Waals surface area contributed by atoms with Crippen molar-refractivity contribution < 1.29 is 12.8 Å². The number of aryl methyl sites for hydroxylation is 1. The zero-order chi connectivity index (χ0) is 15.2. The van der Waals surface area contributed by atoms with Gasteiger partial charge in [-0.1, -0.05) is 0 Å². The molecule has 3 aromatic rings. The summed E-state index contributed by atoms with van der Waals surface area (Å²) in [6.07, 6.45) is 1.17. The first-order valence-electron chi connectivity index (χ1n) is 6.29. The average Bonchev–Trinajstić information content (AvgIpc) is 2.74. The van der Waals surface area contributed by atoms with E-state index in [4.69, 9.17) is 0 Å². The van der Waals surface area contributed by atoms with E-state index >= 15 is 0 Å². The Kier molecular flexibility index (Phi) is 3.06. The van der Waals surface area contributed by atoms with Gasteiger partial charge in [0.05, 0.1) is 15.9 Å². The van der Waals surface area contributed by atoms with E-state index in [2.05, 4.69) is 4.98 Å². The van der Waals surface area contributed by atoms with Crippen LogP contribution in [0.25, 0.3) is 22.4 Å². The summed E-state index contributed by atoms with van der Waals surface area (Å²) in [6.45, 7) is 0. The zero-order valence-corrected chi connectivity index (χ0v) is 12.4. The molecule has 21 heavy (non-hydrogen) atoms. The van der Waals surface area contributed by atoms with Crippen molar-refractivity contribution in [3.05, 3.63) is 48.3 Å². The maximum absolute atomic E-state index is 13.2. The van der Waals surface area contributed by atoms with Crippen LogP contribution >= 0.6 is 0 Å². The molecule has 108 valence electrons. The molecule has 0 aliphatic carbocycles. The van der Waals surface area contributed by atoms with Gasteiger partial charge in [0.2, 0.25) is 0 Å². The van der Waals surface area contributed by atoms with Crippen molar-refractivity contribution in [2.24, 2.45) is 7.05 Å². The SMILES string of the molecule is Cn1c(-c2ccc(S(C)(=O)=O)cc2)nc2cc(F)ccc21. The summed E-state index contributed by atoms with van der Waals surface area (Å²) in [6, 6.07) is 10.9. The molecule has 0 spiro atoms. The second kappa shape index (κ2) is 4.66. The number of halogens is 1. The predicted molar refractivity (Wildman–Crippen MR) is 79.2 cm³/mol. The third-order valence-electron chi connectivity index (χ3n) is 3.38. The molecule has 1 heterocycles. The van der Waals surface area contributed by atoms with Crippen LogP contribution in [0.15, 0.2) is 47.4 Å². The molecule has 6 heteroatoms.